The van der Waals surface area contributed by atoms with Crippen LogP contribution in [0.15, 0.2) is 47.5 Å². The molecule has 8 nitrogen and oxygen atoms in total. The summed E-state index contributed by atoms with van der Waals surface area (Å²) in [6.45, 7) is 2.34. The van der Waals surface area contributed by atoms with Gasteiger partial charge in [0.1, 0.15) is 16.5 Å². The first-order chi connectivity index (χ1) is 14.4. The summed E-state index contributed by atoms with van der Waals surface area (Å²) in [4.78, 5) is 20.7. The van der Waals surface area contributed by atoms with Crippen molar-refractivity contribution < 1.29 is 17.9 Å². The van der Waals surface area contributed by atoms with Crippen LogP contribution < -0.4 is 14.4 Å². The van der Waals surface area contributed by atoms with Crippen LogP contribution in [0.2, 0.25) is 5.02 Å². The monoisotopic (exact) mass is 450 g/mol. The predicted octanol–water partition coefficient (Wildman–Crippen LogP) is 2.01. The van der Waals surface area contributed by atoms with Crippen LogP contribution in [0.4, 0.5) is 5.82 Å². The van der Waals surface area contributed by atoms with E-state index in [1.807, 2.05) is 4.90 Å². The predicted molar refractivity (Wildman–Crippen MR) is 116 cm³/mol. The number of benzene rings is 1. The zero-order valence-corrected chi connectivity index (χ0v) is 18.3. The van der Waals surface area contributed by atoms with E-state index in [0.717, 1.165) is 5.82 Å². The molecule has 0 unspecified atom stereocenters. The highest BCUT2D eigenvalue weighted by atomic mass is 35.5. The van der Waals surface area contributed by atoms with E-state index in [1.165, 1.54) is 26.3 Å². The number of methoxy groups -OCH3 is 1. The van der Waals surface area contributed by atoms with Crippen molar-refractivity contribution in [3.63, 3.8) is 0 Å². The lowest BCUT2D eigenvalue weighted by Gasteiger charge is -2.35. The fraction of sp³-hybridized carbons (Fsp3) is 0.300. The highest BCUT2D eigenvalue weighted by molar-refractivity contribution is 7.89. The van der Waals surface area contributed by atoms with Gasteiger partial charge in [-0.3, -0.25) is 4.79 Å². The molecule has 0 atom stereocenters. The van der Waals surface area contributed by atoms with Gasteiger partial charge in [0, 0.05) is 38.5 Å². The number of pyridine rings is 1. The number of hydrogen-bond acceptors (Lipinski definition) is 6. The fourth-order valence-electron chi connectivity index (χ4n) is 3.14. The van der Waals surface area contributed by atoms with Gasteiger partial charge in [-0.15, -0.1) is 0 Å². The molecule has 1 N–H and O–H groups in total. The molecule has 0 aliphatic carbocycles. The van der Waals surface area contributed by atoms with Crippen molar-refractivity contribution in [3.8, 4) is 5.75 Å². The third kappa shape index (κ3) is 4.92. The molecule has 2 aromatic rings. The number of anilines is 1. The molecule has 1 aromatic heterocycles. The molecule has 0 radical (unpaired) electrons. The van der Waals surface area contributed by atoms with Gasteiger partial charge in [-0.05, 0) is 43.0 Å². The van der Waals surface area contributed by atoms with Crippen molar-refractivity contribution >= 4 is 39.4 Å². The average Bonchev–Trinajstić information content (AvgIpc) is 2.77. The van der Waals surface area contributed by atoms with Crippen molar-refractivity contribution in [1.29, 1.82) is 0 Å². The lowest BCUT2D eigenvalue weighted by molar-refractivity contribution is -0.126. The molecule has 0 bridgehead atoms. The van der Waals surface area contributed by atoms with E-state index in [4.69, 9.17) is 16.3 Å². The van der Waals surface area contributed by atoms with Gasteiger partial charge in [0.25, 0.3) is 0 Å². The number of amides is 1. The van der Waals surface area contributed by atoms with Crippen LogP contribution in [0.25, 0.3) is 6.08 Å². The smallest absolute Gasteiger partial charge is 0.246 e. The Kier molecular flexibility index (Phi) is 6.96. The second-order valence-electron chi connectivity index (χ2n) is 6.57. The van der Waals surface area contributed by atoms with Crippen LogP contribution in [0.1, 0.15) is 5.56 Å². The zero-order valence-electron chi connectivity index (χ0n) is 16.7. The Balaban J connectivity index is 1.67. The number of sulfonamides is 1. The van der Waals surface area contributed by atoms with E-state index in [0.29, 0.717) is 36.8 Å². The highest BCUT2D eigenvalue weighted by Crippen LogP contribution is 2.26. The maximum absolute atomic E-state index is 12.6. The highest BCUT2D eigenvalue weighted by Gasteiger charge is 2.22. The van der Waals surface area contributed by atoms with Crippen LogP contribution in [-0.4, -0.2) is 64.5 Å². The molecule has 2 heterocycles. The summed E-state index contributed by atoms with van der Waals surface area (Å²) in [7, 11) is -0.949. The number of ether oxygens (including phenoxy) is 1. The van der Waals surface area contributed by atoms with Crippen LogP contribution >= 0.6 is 11.6 Å². The number of carbonyl (C=O) groups is 1. The summed E-state index contributed by atoms with van der Waals surface area (Å²) >= 11 is 6.20. The Morgan fingerprint density at radius 1 is 1.23 bits per heavy atom. The molecule has 0 saturated carbocycles. The van der Waals surface area contributed by atoms with E-state index in [1.54, 1.807) is 41.4 Å². The Morgan fingerprint density at radius 2 is 1.97 bits per heavy atom. The van der Waals surface area contributed by atoms with Gasteiger partial charge in [0.2, 0.25) is 15.9 Å². The topological polar surface area (TPSA) is 91.8 Å². The first-order valence-electron chi connectivity index (χ1n) is 9.30. The number of carbonyl (C=O) groups excluding carboxylic acids is 1. The van der Waals surface area contributed by atoms with Crippen molar-refractivity contribution in [1.82, 2.24) is 14.6 Å². The van der Waals surface area contributed by atoms with E-state index in [-0.39, 0.29) is 16.6 Å². The Morgan fingerprint density at radius 3 is 2.60 bits per heavy atom. The molecule has 30 heavy (non-hydrogen) atoms. The van der Waals surface area contributed by atoms with Crippen LogP contribution in [0.5, 0.6) is 5.75 Å². The van der Waals surface area contributed by atoms with E-state index in [2.05, 4.69) is 9.71 Å². The summed E-state index contributed by atoms with van der Waals surface area (Å²) in [6, 6.07) is 8.29. The van der Waals surface area contributed by atoms with Crippen LogP contribution in [-0.2, 0) is 14.8 Å². The first kappa shape index (κ1) is 22.1. The molecule has 10 heteroatoms. The summed E-state index contributed by atoms with van der Waals surface area (Å²) in [5.41, 5.74) is 0.580. The minimum atomic E-state index is -3.68. The number of nitrogens with zero attached hydrogens (tertiary/aromatic N) is 3. The van der Waals surface area contributed by atoms with Crippen molar-refractivity contribution in [2.24, 2.45) is 0 Å². The quantitative estimate of drug-likeness (QED) is 0.677. The minimum absolute atomic E-state index is 0.0166. The Bertz CT molecular complexity index is 1050. The number of rotatable bonds is 6. The molecular weight excluding hydrogens is 428 g/mol. The third-order valence-corrected chi connectivity index (χ3v) is 6.52. The lowest BCUT2D eigenvalue weighted by atomic mass is 10.2. The molecule has 3 rings (SSSR count). The number of nitrogens with one attached hydrogen (secondary N) is 1. The SMILES string of the molecule is CNS(=O)(=O)c1cc(/C=C/C(=O)N2CCN(c3ncccc3Cl)CC2)ccc1OC. The van der Waals surface area contributed by atoms with Gasteiger partial charge >= 0.3 is 0 Å². The van der Waals surface area contributed by atoms with Crippen molar-refractivity contribution in [2.75, 3.05) is 45.2 Å². The zero-order chi connectivity index (χ0) is 21.7. The van der Waals surface area contributed by atoms with E-state index < -0.39 is 10.0 Å². The van der Waals surface area contributed by atoms with Crippen molar-refractivity contribution in [3.05, 3.63) is 53.2 Å². The van der Waals surface area contributed by atoms with E-state index >= 15 is 0 Å². The molecule has 0 spiro atoms. The first-order valence-corrected chi connectivity index (χ1v) is 11.2. The maximum atomic E-state index is 12.6. The molecule has 1 fully saturated rings. The largest absolute Gasteiger partial charge is 0.495 e. The average molecular weight is 451 g/mol. The van der Waals surface area contributed by atoms with Gasteiger partial charge in [0.15, 0.2) is 0 Å². The second-order valence-corrected chi connectivity index (χ2v) is 8.83. The Hall–Kier alpha value is -2.62. The normalized spacial score (nSPS) is 14.9. The number of halogens is 1. The molecule has 1 aliphatic heterocycles. The van der Waals surface area contributed by atoms with Crippen molar-refractivity contribution in [2.45, 2.75) is 4.90 Å². The van der Waals surface area contributed by atoms with Gasteiger partial charge in [-0.2, -0.15) is 0 Å². The molecule has 1 aromatic carbocycles. The number of aromatic nitrogens is 1. The number of piperazine rings is 1. The fourth-order valence-corrected chi connectivity index (χ4v) is 4.31. The maximum Gasteiger partial charge on any atom is 0.246 e. The molecule has 1 saturated heterocycles. The lowest BCUT2D eigenvalue weighted by Crippen LogP contribution is -2.48. The standard InChI is InChI=1S/C20H23ClN4O4S/c1-22-30(27,28)18-14-15(5-7-17(18)29-2)6-8-19(26)24-10-12-25(13-11-24)20-16(21)4-3-9-23-20/h3-9,14,22H,10-13H2,1-2H3/b8-6+. The molecular formula is C20H23ClN4O4S. The van der Waals surface area contributed by atoms with Gasteiger partial charge in [-0.1, -0.05) is 17.7 Å². The molecule has 1 aliphatic rings. The summed E-state index contributed by atoms with van der Waals surface area (Å²) in [6.07, 6.45) is 4.73. The minimum Gasteiger partial charge on any atom is -0.495 e. The van der Waals surface area contributed by atoms with Gasteiger partial charge in [0.05, 0.1) is 12.1 Å². The Labute approximate surface area is 181 Å². The second kappa shape index (κ2) is 9.46. The van der Waals surface area contributed by atoms with Gasteiger partial charge in [-0.25, -0.2) is 18.1 Å². The van der Waals surface area contributed by atoms with Crippen LogP contribution in [0.3, 0.4) is 0 Å². The molecule has 1 amide bonds. The number of hydrogen-bond donors (Lipinski definition) is 1. The molecule has 160 valence electrons. The summed E-state index contributed by atoms with van der Waals surface area (Å²) in [5.74, 6) is 0.811. The third-order valence-electron chi connectivity index (χ3n) is 4.79. The van der Waals surface area contributed by atoms with E-state index in [9.17, 15) is 13.2 Å². The van der Waals surface area contributed by atoms with Crippen LogP contribution in [0, 0.1) is 0 Å². The summed E-state index contributed by atoms with van der Waals surface area (Å²) < 4.78 is 31.8. The van der Waals surface area contributed by atoms with Gasteiger partial charge < -0.3 is 14.5 Å². The summed E-state index contributed by atoms with van der Waals surface area (Å²) in [5, 5.41) is 0.587.